The Kier molecular flexibility index (Phi) is 3.95. The molecule has 0 saturated heterocycles. The van der Waals surface area contributed by atoms with E-state index in [2.05, 4.69) is 19.9 Å². The predicted octanol–water partition coefficient (Wildman–Crippen LogP) is 2.87. The first kappa shape index (κ1) is 11.5. The molecule has 0 amide bonds. The molecule has 0 heterocycles. The van der Waals surface area contributed by atoms with E-state index in [1.54, 1.807) is 0 Å². The number of hydrogen-bond donors (Lipinski definition) is 1. The van der Waals surface area contributed by atoms with Crippen LogP contribution in [0.15, 0.2) is 0 Å². The highest BCUT2D eigenvalue weighted by Crippen LogP contribution is 2.38. The molecule has 0 spiro atoms. The van der Waals surface area contributed by atoms with E-state index in [-0.39, 0.29) is 5.92 Å². The van der Waals surface area contributed by atoms with Gasteiger partial charge in [-0.25, -0.2) is 0 Å². The summed E-state index contributed by atoms with van der Waals surface area (Å²) in [5.74, 6) is 0.566. The molecule has 0 aromatic heterocycles. The molecule has 0 radical (unpaired) electrons. The number of hydrogen-bond acceptors (Lipinski definition) is 2. The first-order valence-corrected chi connectivity index (χ1v) is 5.74. The molecule has 1 fully saturated rings. The van der Waals surface area contributed by atoms with Crippen molar-refractivity contribution in [2.45, 2.75) is 58.0 Å². The monoisotopic (exact) mass is 195 g/mol. The van der Waals surface area contributed by atoms with E-state index < -0.39 is 5.60 Å². The highest BCUT2D eigenvalue weighted by Gasteiger charge is 2.38. The van der Waals surface area contributed by atoms with E-state index in [1.165, 1.54) is 0 Å². The molecule has 1 rings (SSSR count). The second-order valence-electron chi connectivity index (χ2n) is 4.76. The SMILES string of the molecule is CCCC(C#N)C1(O)CCC(C)CC1. The van der Waals surface area contributed by atoms with E-state index in [0.717, 1.165) is 44.4 Å². The number of aliphatic hydroxyl groups is 1. The molecule has 1 unspecified atom stereocenters. The van der Waals surface area contributed by atoms with Crippen molar-refractivity contribution in [2.24, 2.45) is 11.8 Å². The van der Waals surface area contributed by atoms with Gasteiger partial charge in [0.05, 0.1) is 17.6 Å². The van der Waals surface area contributed by atoms with Crippen LogP contribution in [-0.2, 0) is 0 Å². The molecule has 1 N–H and O–H groups in total. The smallest absolute Gasteiger partial charge is 0.0805 e. The Labute approximate surface area is 86.9 Å². The van der Waals surface area contributed by atoms with Crippen LogP contribution in [0.4, 0.5) is 0 Å². The number of nitriles is 1. The van der Waals surface area contributed by atoms with Gasteiger partial charge < -0.3 is 5.11 Å². The minimum atomic E-state index is -0.683. The van der Waals surface area contributed by atoms with Crippen molar-refractivity contribution < 1.29 is 5.11 Å². The third-order valence-corrected chi connectivity index (χ3v) is 3.52. The van der Waals surface area contributed by atoms with Crippen molar-refractivity contribution >= 4 is 0 Å². The zero-order valence-corrected chi connectivity index (χ0v) is 9.29. The Hall–Kier alpha value is -0.550. The average molecular weight is 195 g/mol. The van der Waals surface area contributed by atoms with E-state index >= 15 is 0 Å². The quantitative estimate of drug-likeness (QED) is 0.752. The first-order valence-electron chi connectivity index (χ1n) is 5.74. The Morgan fingerprint density at radius 1 is 1.50 bits per heavy atom. The maximum atomic E-state index is 10.4. The molecule has 14 heavy (non-hydrogen) atoms. The van der Waals surface area contributed by atoms with Gasteiger partial charge in [0.2, 0.25) is 0 Å². The van der Waals surface area contributed by atoms with Crippen LogP contribution in [0.2, 0.25) is 0 Å². The van der Waals surface area contributed by atoms with Crippen LogP contribution in [0, 0.1) is 23.2 Å². The zero-order valence-electron chi connectivity index (χ0n) is 9.29. The van der Waals surface area contributed by atoms with Crippen LogP contribution in [0.1, 0.15) is 52.4 Å². The van der Waals surface area contributed by atoms with Crippen LogP contribution >= 0.6 is 0 Å². The summed E-state index contributed by atoms with van der Waals surface area (Å²) < 4.78 is 0. The molecule has 0 aliphatic heterocycles. The van der Waals surface area contributed by atoms with Crippen molar-refractivity contribution in [3.8, 4) is 6.07 Å². The lowest BCUT2D eigenvalue weighted by molar-refractivity contribution is -0.0424. The van der Waals surface area contributed by atoms with E-state index in [9.17, 15) is 5.11 Å². The third kappa shape index (κ3) is 2.48. The largest absolute Gasteiger partial charge is 0.389 e. The summed E-state index contributed by atoms with van der Waals surface area (Å²) in [5, 5.41) is 19.4. The molecular weight excluding hydrogens is 174 g/mol. The summed E-state index contributed by atoms with van der Waals surface area (Å²) in [7, 11) is 0. The molecule has 0 aromatic rings. The second kappa shape index (κ2) is 4.79. The Morgan fingerprint density at radius 2 is 2.07 bits per heavy atom. The molecule has 1 atom stereocenters. The van der Waals surface area contributed by atoms with Gasteiger partial charge in [-0.15, -0.1) is 0 Å². The van der Waals surface area contributed by atoms with Crippen LogP contribution in [0.3, 0.4) is 0 Å². The predicted molar refractivity (Wildman–Crippen MR) is 56.6 cm³/mol. The highest BCUT2D eigenvalue weighted by molar-refractivity contribution is 5.00. The maximum Gasteiger partial charge on any atom is 0.0805 e. The van der Waals surface area contributed by atoms with E-state index in [0.29, 0.717) is 0 Å². The minimum Gasteiger partial charge on any atom is -0.389 e. The van der Waals surface area contributed by atoms with Gasteiger partial charge in [0.15, 0.2) is 0 Å². The Balaban J connectivity index is 2.59. The van der Waals surface area contributed by atoms with Crippen LogP contribution < -0.4 is 0 Å². The molecular formula is C12H21NO. The minimum absolute atomic E-state index is 0.153. The Bertz CT molecular complexity index is 211. The molecule has 2 heteroatoms. The van der Waals surface area contributed by atoms with Crippen molar-refractivity contribution in [1.82, 2.24) is 0 Å². The summed E-state index contributed by atoms with van der Waals surface area (Å²) in [5.41, 5.74) is -0.683. The standard InChI is InChI=1S/C12H21NO/c1-3-4-11(9-13)12(14)7-5-10(2)6-8-12/h10-11,14H,3-8H2,1-2H3. The van der Waals surface area contributed by atoms with E-state index in [4.69, 9.17) is 5.26 Å². The fraction of sp³-hybridized carbons (Fsp3) is 0.917. The maximum absolute atomic E-state index is 10.4. The normalized spacial score (nSPS) is 34.9. The van der Waals surface area contributed by atoms with Crippen molar-refractivity contribution in [1.29, 1.82) is 5.26 Å². The summed E-state index contributed by atoms with van der Waals surface area (Å²) in [6.45, 7) is 4.29. The number of nitrogens with zero attached hydrogens (tertiary/aromatic N) is 1. The summed E-state index contributed by atoms with van der Waals surface area (Å²) in [6.07, 6.45) is 5.58. The van der Waals surface area contributed by atoms with Gasteiger partial charge in [-0.05, 0) is 38.0 Å². The van der Waals surface area contributed by atoms with Crippen LogP contribution in [0.25, 0.3) is 0 Å². The van der Waals surface area contributed by atoms with Crippen molar-refractivity contribution in [3.05, 3.63) is 0 Å². The summed E-state index contributed by atoms with van der Waals surface area (Å²) in [4.78, 5) is 0. The van der Waals surface area contributed by atoms with Gasteiger partial charge >= 0.3 is 0 Å². The fourth-order valence-corrected chi connectivity index (χ4v) is 2.35. The van der Waals surface area contributed by atoms with Crippen LogP contribution in [-0.4, -0.2) is 10.7 Å². The highest BCUT2D eigenvalue weighted by atomic mass is 16.3. The van der Waals surface area contributed by atoms with Crippen molar-refractivity contribution in [2.75, 3.05) is 0 Å². The molecule has 1 saturated carbocycles. The summed E-state index contributed by atoms with van der Waals surface area (Å²) in [6, 6.07) is 2.28. The molecule has 2 nitrogen and oxygen atoms in total. The van der Waals surface area contributed by atoms with Gasteiger partial charge in [-0.2, -0.15) is 5.26 Å². The zero-order chi connectivity index (χ0) is 10.6. The van der Waals surface area contributed by atoms with Gasteiger partial charge in [0, 0.05) is 0 Å². The molecule has 0 aromatic carbocycles. The fourth-order valence-electron chi connectivity index (χ4n) is 2.35. The number of rotatable bonds is 3. The molecule has 1 aliphatic carbocycles. The second-order valence-corrected chi connectivity index (χ2v) is 4.76. The van der Waals surface area contributed by atoms with Gasteiger partial charge in [-0.3, -0.25) is 0 Å². The lowest BCUT2D eigenvalue weighted by atomic mass is 9.72. The first-order chi connectivity index (χ1) is 6.62. The van der Waals surface area contributed by atoms with Gasteiger partial charge in [0.1, 0.15) is 0 Å². The third-order valence-electron chi connectivity index (χ3n) is 3.52. The van der Waals surface area contributed by atoms with Crippen molar-refractivity contribution in [3.63, 3.8) is 0 Å². The summed E-state index contributed by atoms with van der Waals surface area (Å²) >= 11 is 0. The average Bonchev–Trinajstić information content (AvgIpc) is 2.19. The lowest BCUT2D eigenvalue weighted by Crippen LogP contribution is -2.40. The Morgan fingerprint density at radius 3 is 2.50 bits per heavy atom. The molecule has 80 valence electrons. The molecule has 1 aliphatic rings. The van der Waals surface area contributed by atoms with E-state index in [1.807, 2.05) is 0 Å². The lowest BCUT2D eigenvalue weighted by Gasteiger charge is -2.38. The van der Waals surface area contributed by atoms with Crippen LogP contribution in [0.5, 0.6) is 0 Å². The topological polar surface area (TPSA) is 44.0 Å². The van der Waals surface area contributed by atoms with Gasteiger partial charge in [0.25, 0.3) is 0 Å². The molecule has 0 bridgehead atoms. The van der Waals surface area contributed by atoms with Gasteiger partial charge in [-0.1, -0.05) is 20.3 Å².